The lowest BCUT2D eigenvalue weighted by Crippen LogP contribution is -2.08. The van der Waals surface area contributed by atoms with E-state index in [-0.39, 0.29) is 17.4 Å². The van der Waals surface area contributed by atoms with Crippen LogP contribution in [0.2, 0.25) is 0 Å². The van der Waals surface area contributed by atoms with Crippen LogP contribution in [0.5, 0.6) is 5.75 Å². The van der Waals surface area contributed by atoms with Crippen molar-refractivity contribution in [2.45, 2.75) is 26.7 Å². The monoisotopic (exact) mass is 219 g/mol. The topological polar surface area (TPSA) is 66.4 Å². The van der Waals surface area contributed by atoms with Crippen LogP contribution in [-0.4, -0.2) is 16.8 Å². The molecule has 1 amide bonds. The van der Waals surface area contributed by atoms with Gasteiger partial charge in [0.25, 0.3) is 0 Å². The molecule has 0 saturated heterocycles. The molecule has 0 aromatic heterocycles. The summed E-state index contributed by atoms with van der Waals surface area (Å²) < 4.78 is 0. The van der Waals surface area contributed by atoms with Gasteiger partial charge in [-0.05, 0) is 30.5 Å². The summed E-state index contributed by atoms with van der Waals surface area (Å²) >= 11 is 0. The number of ketones is 1. The third kappa shape index (κ3) is 1.56. The van der Waals surface area contributed by atoms with Gasteiger partial charge in [0.1, 0.15) is 5.75 Å². The molecule has 1 aliphatic rings. The molecule has 0 unspecified atom stereocenters. The summed E-state index contributed by atoms with van der Waals surface area (Å²) in [6.07, 6.45) is 1.11. The van der Waals surface area contributed by atoms with Gasteiger partial charge in [-0.1, -0.05) is 0 Å². The molecule has 84 valence electrons. The lowest BCUT2D eigenvalue weighted by Gasteiger charge is -2.11. The SMILES string of the molecule is CC(=O)Nc1cc(C)c2c(c1O)C(=O)CC2. The number of carbonyl (C=O) groups is 2. The molecule has 1 aromatic rings. The fourth-order valence-corrected chi connectivity index (χ4v) is 2.12. The van der Waals surface area contributed by atoms with E-state index >= 15 is 0 Å². The highest BCUT2D eigenvalue weighted by molar-refractivity contribution is 6.06. The zero-order valence-electron chi connectivity index (χ0n) is 9.26. The Labute approximate surface area is 93.3 Å². The number of amides is 1. The molecule has 0 spiro atoms. The molecule has 4 nitrogen and oxygen atoms in total. The Bertz CT molecular complexity index is 492. The molecule has 0 aliphatic heterocycles. The first-order chi connectivity index (χ1) is 7.50. The number of nitrogens with one attached hydrogen (secondary N) is 1. The van der Waals surface area contributed by atoms with E-state index < -0.39 is 0 Å². The minimum Gasteiger partial charge on any atom is -0.505 e. The Hall–Kier alpha value is -1.84. The molecular weight excluding hydrogens is 206 g/mol. The molecule has 0 saturated carbocycles. The zero-order chi connectivity index (χ0) is 11.9. The van der Waals surface area contributed by atoms with Crippen LogP contribution >= 0.6 is 0 Å². The lowest BCUT2D eigenvalue weighted by molar-refractivity contribution is -0.114. The molecule has 2 rings (SSSR count). The first kappa shape index (κ1) is 10.7. The second-order valence-electron chi connectivity index (χ2n) is 4.05. The normalized spacial score (nSPS) is 13.8. The predicted molar refractivity (Wildman–Crippen MR) is 59.8 cm³/mol. The Morgan fingerprint density at radius 2 is 2.12 bits per heavy atom. The Kier molecular flexibility index (Phi) is 2.42. The Morgan fingerprint density at radius 3 is 2.75 bits per heavy atom. The van der Waals surface area contributed by atoms with E-state index in [1.54, 1.807) is 6.07 Å². The lowest BCUT2D eigenvalue weighted by atomic mass is 10.0. The van der Waals surface area contributed by atoms with Gasteiger partial charge in [0.15, 0.2) is 5.78 Å². The van der Waals surface area contributed by atoms with Crippen LogP contribution in [0.15, 0.2) is 6.07 Å². The van der Waals surface area contributed by atoms with Crippen molar-refractivity contribution in [2.24, 2.45) is 0 Å². The number of hydrogen-bond donors (Lipinski definition) is 2. The number of Topliss-reactive ketones (excluding diaryl/α,β-unsaturated/α-hetero) is 1. The molecule has 0 atom stereocenters. The molecular formula is C12H13NO3. The summed E-state index contributed by atoms with van der Waals surface area (Å²) in [4.78, 5) is 22.6. The van der Waals surface area contributed by atoms with E-state index in [2.05, 4.69) is 5.32 Å². The Balaban J connectivity index is 2.59. The van der Waals surface area contributed by atoms with Crippen molar-refractivity contribution in [2.75, 3.05) is 5.32 Å². The first-order valence-electron chi connectivity index (χ1n) is 5.17. The van der Waals surface area contributed by atoms with Crippen molar-refractivity contribution in [1.82, 2.24) is 0 Å². The van der Waals surface area contributed by atoms with E-state index in [1.165, 1.54) is 6.92 Å². The van der Waals surface area contributed by atoms with Crippen LogP contribution in [0.4, 0.5) is 5.69 Å². The molecule has 0 radical (unpaired) electrons. The van der Waals surface area contributed by atoms with E-state index in [9.17, 15) is 14.7 Å². The number of aryl methyl sites for hydroxylation is 1. The van der Waals surface area contributed by atoms with Crippen molar-refractivity contribution >= 4 is 17.4 Å². The fraction of sp³-hybridized carbons (Fsp3) is 0.333. The second-order valence-corrected chi connectivity index (χ2v) is 4.05. The van der Waals surface area contributed by atoms with Gasteiger partial charge >= 0.3 is 0 Å². The molecule has 0 heterocycles. The number of anilines is 1. The summed E-state index contributed by atoms with van der Waals surface area (Å²) in [5.74, 6) is -0.416. The van der Waals surface area contributed by atoms with Gasteiger partial charge in [0.05, 0.1) is 11.3 Å². The smallest absolute Gasteiger partial charge is 0.221 e. The van der Waals surface area contributed by atoms with Gasteiger partial charge in [-0.15, -0.1) is 0 Å². The number of hydrogen-bond acceptors (Lipinski definition) is 3. The average molecular weight is 219 g/mol. The summed E-state index contributed by atoms with van der Waals surface area (Å²) in [6.45, 7) is 3.24. The highest BCUT2D eigenvalue weighted by Crippen LogP contribution is 2.38. The highest BCUT2D eigenvalue weighted by atomic mass is 16.3. The summed E-state index contributed by atoms with van der Waals surface area (Å²) in [5.41, 5.74) is 2.53. The molecule has 4 heteroatoms. The van der Waals surface area contributed by atoms with Gasteiger partial charge in [0.2, 0.25) is 5.91 Å². The maximum absolute atomic E-state index is 11.6. The van der Waals surface area contributed by atoms with Crippen LogP contribution in [0.25, 0.3) is 0 Å². The highest BCUT2D eigenvalue weighted by Gasteiger charge is 2.27. The van der Waals surface area contributed by atoms with Crippen LogP contribution in [-0.2, 0) is 11.2 Å². The third-order valence-corrected chi connectivity index (χ3v) is 2.82. The largest absolute Gasteiger partial charge is 0.505 e. The van der Waals surface area contributed by atoms with Crippen LogP contribution in [0.3, 0.4) is 0 Å². The Morgan fingerprint density at radius 1 is 1.44 bits per heavy atom. The maximum atomic E-state index is 11.6. The van der Waals surface area contributed by atoms with Crippen molar-refractivity contribution in [3.8, 4) is 5.75 Å². The predicted octanol–water partition coefficient (Wildman–Crippen LogP) is 1.79. The zero-order valence-corrected chi connectivity index (χ0v) is 9.26. The van der Waals surface area contributed by atoms with E-state index in [0.29, 0.717) is 24.1 Å². The molecule has 0 fully saturated rings. The number of phenols is 1. The molecule has 1 aliphatic carbocycles. The van der Waals surface area contributed by atoms with E-state index in [1.807, 2.05) is 6.92 Å². The number of aromatic hydroxyl groups is 1. The number of phenolic OH excluding ortho intramolecular Hbond substituents is 1. The summed E-state index contributed by atoms with van der Waals surface area (Å²) in [7, 11) is 0. The molecule has 0 bridgehead atoms. The summed E-state index contributed by atoms with van der Waals surface area (Å²) in [6, 6.07) is 1.70. The van der Waals surface area contributed by atoms with Gasteiger partial charge in [-0.2, -0.15) is 0 Å². The van der Waals surface area contributed by atoms with Crippen molar-refractivity contribution in [3.63, 3.8) is 0 Å². The average Bonchev–Trinajstić information content (AvgIpc) is 2.56. The van der Waals surface area contributed by atoms with Gasteiger partial charge < -0.3 is 10.4 Å². The van der Waals surface area contributed by atoms with Gasteiger partial charge in [-0.25, -0.2) is 0 Å². The minimum absolute atomic E-state index is 0.0530. The van der Waals surface area contributed by atoms with Crippen molar-refractivity contribution in [3.05, 3.63) is 22.8 Å². The van der Waals surface area contributed by atoms with Crippen molar-refractivity contribution in [1.29, 1.82) is 0 Å². The number of fused-ring (bicyclic) bond motifs is 1. The van der Waals surface area contributed by atoms with E-state index in [0.717, 1.165) is 11.1 Å². The van der Waals surface area contributed by atoms with Crippen molar-refractivity contribution < 1.29 is 14.7 Å². The number of carbonyl (C=O) groups excluding carboxylic acids is 2. The number of benzene rings is 1. The number of rotatable bonds is 1. The fourth-order valence-electron chi connectivity index (χ4n) is 2.12. The standard InChI is InChI=1S/C12H13NO3/c1-6-5-9(13-7(2)14)12(16)11-8(6)3-4-10(11)15/h5,16H,3-4H2,1-2H3,(H,13,14). The second kappa shape index (κ2) is 3.63. The van der Waals surface area contributed by atoms with Gasteiger partial charge in [-0.3, -0.25) is 9.59 Å². The van der Waals surface area contributed by atoms with E-state index in [4.69, 9.17) is 0 Å². The molecule has 2 N–H and O–H groups in total. The summed E-state index contributed by atoms with van der Waals surface area (Å²) in [5, 5.41) is 12.4. The van der Waals surface area contributed by atoms with Crippen LogP contribution < -0.4 is 5.32 Å². The molecule has 1 aromatic carbocycles. The maximum Gasteiger partial charge on any atom is 0.221 e. The quantitative estimate of drug-likeness (QED) is 0.707. The van der Waals surface area contributed by atoms with Crippen LogP contribution in [0, 0.1) is 6.92 Å². The third-order valence-electron chi connectivity index (χ3n) is 2.82. The molecule has 16 heavy (non-hydrogen) atoms. The first-order valence-corrected chi connectivity index (χ1v) is 5.17. The van der Waals surface area contributed by atoms with Gasteiger partial charge in [0, 0.05) is 13.3 Å². The minimum atomic E-state index is -0.264. The van der Waals surface area contributed by atoms with Crippen LogP contribution in [0.1, 0.15) is 34.8 Å².